The lowest BCUT2D eigenvalue weighted by Crippen LogP contribution is -2.43. The number of nitrogens with one attached hydrogen (secondary N) is 1. The number of rotatable bonds is 7. The van der Waals surface area contributed by atoms with Crippen molar-refractivity contribution < 1.29 is 19.4 Å². The molecule has 6 nitrogen and oxygen atoms in total. The standard InChI is InChI=1S/C21H32N2O4/c1-15(24)14-22-21(25)19-13-18(26-2)7-8-20(19)27-17-9-11-23(12-10-17)16-5-3-4-6-16/h7-8,13,15-17,24H,3-6,9-12,14H2,1-2H3,(H,22,25)/t15-/m1/s1. The topological polar surface area (TPSA) is 71.0 Å². The number of hydrogen-bond donors (Lipinski definition) is 2. The summed E-state index contributed by atoms with van der Waals surface area (Å²) in [7, 11) is 1.58. The van der Waals surface area contributed by atoms with E-state index in [9.17, 15) is 9.90 Å². The zero-order valence-electron chi connectivity index (χ0n) is 16.4. The minimum Gasteiger partial charge on any atom is -0.497 e. The summed E-state index contributed by atoms with van der Waals surface area (Å²) in [4.78, 5) is 15.1. The van der Waals surface area contributed by atoms with Gasteiger partial charge in [-0.05, 0) is 50.8 Å². The van der Waals surface area contributed by atoms with Crippen LogP contribution in [0.4, 0.5) is 0 Å². The molecule has 1 aromatic rings. The predicted octanol–water partition coefficient (Wildman–Crippen LogP) is 2.59. The summed E-state index contributed by atoms with van der Waals surface area (Å²) in [6.07, 6.45) is 6.88. The average Bonchev–Trinajstić information content (AvgIpc) is 3.21. The molecule has 1 atom stereocenters. The van der Waals surface area contributed by atoms with Crippen molar-refractivity contribution in [2.24, 2.45) is 0 Å². The summed E-state index contributed by atoms with van der Waals surface area (Å²) in [5.74, 6) is 0.937. The highest BCUT2D eigenvalue weighted by Crippen LogP contribution is 2.30. The maximum absolute atomic E-state index is 12.5. The van der Waals surface area contributed by atoms with E-state index in [0.29, 0.717) is 17.1 Å². The van der Waals surface area contributed by atoms with Crippen LogP contribution in [0.1, 0.15) is 55.8 Å². The normalized spacial score (nSPS) is 20.4. The van der Waals surface area contributed by atoms with Crippen molar-refractivity contribution in [3.05, 3.63) is 23.8 Å². The molecule has 0 unspecified atom stereocenters. The maximum Gasteiger partial charge on any atom is 0.255 e. The summed E-state index contributed by atoms with van der Waals surface area (Å²) >= 11 is 0. The van der Waals surface area contributed by atoms with Crippen LogP contribution in [0.3, 0.4) is 0 Å². The Bertz CT molecular complexity index is 621. The van der Waals surface area contributed by atoms with Gasteiger partial charge < -0.3 is 24.8 Å². The van der Waals surface area contributed by atoms with E-state index in [2.05, 4.69) is 10.2 Å². The van der Waals surface area contributed by atoms with Gasteiger partial charge in [0.15, 0.2) is 0 Å². The van der Waals surface area contributed by atoms with Gasteiger partial charge in [-0.3, -0.25) is 4.79 Å². The smallest absolute Gasteiger partial charge is 0.255 e. The summed E-state index contributed by atoms with van der Waals surface area (Å²) < 4.78 is 11.5. The van der Waals surface area contributed by atoms with Crippen LogP contribution in [0, 0.1) is 0 Å². The second-order valence-electron chi connectivity index (χ2n) is 7.71. The van der Waals surface area contributed by atoms with Crippen LogP contribution in [0.25, 0.3) is 0 Å². The van der Waals surface area contributed by atoms with Gasteiger partial charge in [0.05, 0.1) is 18.8 Å². The van der Waals surface area contributed by atoms with Crippen LogP contribution in [-0.4, -0.2) is 60.9 Å². The zero-order chi connectivity index (χ0) is 19.2. The van der Waals surface area contributed by atoms with Crippen LogP contribution in [-0.2, 0) is 0 Å². The van der Waals surface area contributed by atoms with Gasteiger partial charge in [-0.25, -0.2) is 0 Å². The maximum atomic E-state index is 12.5. The van der Waals surface area contributed by atoms with Crippen molar-refractivity contribution >= 4 is 5.91 Å². The number of aliphatic hydroxyl groups is 1. The van der Waals surface area contributed by atoms with Gasteiger partial charge >= 0.3 is 0 Å². The van der Waals surface area contributed by atoms with E-state index < -0.39 is 6.10 Å². The molecule has 1 aromatic carbocycles. The van der Waals surface area contributed by atoms with Crippen LogP contribution < -0.4 is 14.8 Å². The van der Waals surface area contributed by atoms with Crippen molar-refractivity contribution in [1.29, 1.82) is 0 Å². The Morgan fingerprint density at radius 1 is 1.26 bits per heavy atom. The van der Waals surface area contributed by atoms with Crippen molar-refractivity contribution in [3.63, 3.8) is 0 Å². The van der Waals surface area contributed by atoms with Crippen molar-refractivity contribution in [3.8, 4) is 11.5 Å². The first-order valence-corrected chi connectivity index (χ1v) is 10.1. The Kier molecular flexibility index (Phi) is 6.96. The molecule has 2 N–H and O–H groups in total. The lowest BCUT2D eigenvalue weighted by atomic mass is 10.0. The number of likely N-dealkylation sites (tertiary alicyclic amines) is 1. The number of ether oxygens (including phenoxy) is 2. The number of methoxy groups -OCH3 is 1. The fourth-order valence-corrected chi connectivity index (χ4v) is 4.06. The largest absolute Gasteiger partial charge is 0.497 e. The zero-order valence-corrected chi connectivity index (χ0v) is 16.4. The molecule has 27 heavy (non-hydrogen) atoms. The molecule has 1 heterocycles. The predicted molar refractivity (Wildman–Crippen MR) is 104 cm³/mol. The number of benzene rings is 1. The second kappa shape index (κ2) is 9.42. The van der Waals surface area contributed by atoms with E-state index in [1.807, 2.05) is 6.07 Å². The molecule has 0 aromatic heterocycles. The number of carbonyl (C=O) groups is 1. The molecule has 2 fully saturated rings. The monoisotopic (exact) mass is 376 g/mol. The first-order chi connectivity index (χ1) is 13.1. The number of aliphatic hydroxyl groups excluding tert-OH is 1. The summed E-state index contributed by atoms with van der Waals surface area (Å²) in [6.45, 7) is 3.97. The SMILES string of the molecule is COc1ccc(OC2CCN(C3CCCC3)CC2)c(C(=O)NC[C@@H](C)O)c1. The third-order valence-electron chi connectivity index (χ3n) is 5.60. The van der Waals surface area contributed by atoms with Gasteiger partial charge in [-0.15, -0.1) is 0 Å². The van der Waals surface area contributed by atoms with Gasteiger partial charge in [-0.1, -0.05) is 12.8 Å². The fourth-order valence-electron chi connectivity index (χ4n) is 4.06. The van der Waals surface area contributed by atoms with Crippen molar-refractivity contribution in [2.75, 3.05) is 26.7 Å². The fraction of sp³-hybridized carbons (Fsp3) is 0.667. The van der Waals surface area contributed by atoms with Gasteiger partial charge in [0.1, 0.15) is 17.6 Å². The van der Waals surface area contributed by atoms with Gasteiger partial charge in [-0.2, -0.15) is 0 Å². The average molecular weight is 376 g/mol. The van der Waals surface area contributed by atoms with Gasteiger partial charge in [0, 0.05) is 25.7 Å². The number of amides is 1. The van der Waals surface area contributed by atoms with E-state index in [0.717, 1.165) is 32.0 Å². The van der Waals surface area contributed by atoms with E-state index in [1.165, 1.54) is 25.7 Å². The molecule has 1 amide bonds. The van der Waals surface area contributed by atoms with E-state index in [-0.39, 0.29) is 18.6 Å². The molecule has 0 bridgehead atoms. The molecular weight excluding hydrogens is 344 g/mol. The van der Waals surface area contributed by atoms with E-state index >= 15 is 0 Å². The van der Waals surface area contributed by atoms with Crippen LogP contribution in [0.5, 0.6) is 11.5 Å². The molecule has 6 heteroatoms. The molecule has 1 saturated carbocycles. The van der Waals surface area contributed by atoms with Crippen molar-refractivity contribution in [1.82, 2.24) is 10.2 Å². The first kappa shape index (κ1) is 20.0. The van der Waals surface area contributed by atoms with Crippen LogP contribution in [0.15, 0.2) is 18.2 Å². The third-order valence-corrected chi connectivity index (χ3v) is 5.60. The van der Waals surface area contributed by atoms with Crippen molar-refractivity contribution in [2.45, 2.75) is 63.7 Å². The molecule has 2 aliphatic rings. The summed E-state index contributed by atoms with van der Waals surface area (Å²) in [5.41, 5.74) is 0.452. The Morgan fingerprint density at radius 3 is 2.59 bits per heavy atom. The summed E-state index contributed by atoms with van der Waals surface area (Å²) in [5, 5.41) is 12.2. The lowest BCUT2D eigenvalue weighted by molar-refractivity contribution is 0.0747. The molecular formula is C21H32N2O4. The Morgan fingerprint density at radius 2 is 1.96 bits per heavy atom. The molecule has 3 rings (SSSR count). The van der Waals surface area contributed by atoms with Gasteiger partial charge in [0.25, 0.3) is 5.91 Å². The highest BCUT2D eigenvalue weighted by molar-refractivity contribution is 5.97. The molecule has 1 saturated heterocycles. The van der Waals surface area contributed by atoms with Crippen LogP contribution >= 0.6 is 0 Å². The number of carbonyl (C=O) groups excluding carboxylic acids is 1. The Hall–Kier alpha value is -1.79. The summed E-state index contributed by atoms with van der Waals surface area (Å²) in [6, 6.07) is 6.07. The highest BCUT2D eigenvalue weighted by atomic mass is 16.5. The molecule has 1 aliphatic carbocycles. The Labute approximate surface area is 161 Å². The Balaban J connectivity index is 1.62. The minimum absolute atomic E-state index is 0.124. The number of hydrogen-bond acceptors (Lipinski definition) is 5. The van der Waals surface area contributed by atoms with E-state index in [4.69, 9.17) is 9.47 Å². The number of piperidine rings is 1. The number of nitrogens with zero attached hydrogens (tertiary/aromatic N) is 1. The molecule has 1 aliphatic heterocycles. The van der Waals surface area contributed by atoms with Gasteiger partial charge in [0.2, 0.25) is 0 Å². The molecule has 0 spiro atoms. The lowest BCUT2D eigenvalue weighted by Gasteiger charge is -2.36. The second-order valence-corrected chi connectivity index (χ2v) is 7.71. The van der Waals surface area contributed by atoms with E-state index in [1.54, 1.807) is 26.2 Å². The first-order valence-electron chi connectivity index (χ1n) is 10.1. The quantitative estimate of drug-likeness (QED) is 0.765. The van der Waals surface area contributed by atoms with Crippen LogP contribution in [0.2, 0.25) is 0 Å². The highest BCUT2D eigenvalue weighted by Gasteiger charge is 2.28. The third kappa shape index (κ3) is 5.36. The molecule has 0 radical (unpaired) electrons. The molecule has 150 valence electrons. The minimum atomic E-state index is -0.594.